The summed E-state index contributed by atoms with van der Waals surface area (Å²) in [5, 5.41) is 3.11. The molecule has 1 aromatic carbocycles. The molecule has 0 aliphatic heterocycles. The molecule has 0 radical (unpaired) electrons. The lowest BCUT2D eigenvalue weighted by atomic mass is 10.1. The second-order valence-corrected chi connectivity index (χ2v) is 3.24. The maximum atomic E-state index is 5.88. The summed E-state index contributed by atoms with van der Waals surface area (Å²) in [6, 6.07) is 8.05. The van der Waals surface area contributed by atoms with Gasteiger partial charge in [0.15, 0.2) is 0 Å². The molecule has 0 saturated carbocycles. The van der Waals surface area contributed by atoms with E-state index in [2.05, 4.69) is 5.32 Å². The van der Waals surface area contributed by atoms with Crippen molar-refractivity contribution < 1.29 is 4.74 Å². The summed E-state index contributed by atoms with van der Waals surface area (Å²) < 4.78 is 4.99. The van der Waals surface area contributed by atoms with E-state index in [1.807, 2.05) is 31.3 Å². The van der Waals surface area contributed by atoms with E-state index in [1.54, 1.807) is 7.11 Å². The van der Waals surface area contributed by atoms with Gasteiger partial charge >= 0.3 is 0 Å². The Morgan fingerprint density at radius 2 is 2.15 bits per heavy atom. The Morgan fingerprint density at radius 3 is 2.77 bits per heavy atom. The Labute approximate surface area is 83.9 Å². The summed E-state index contributed by atoms with van der Waals surface area (Å²) in [6.45, 7) is 0. The van der Waals surface area contributed by atoms with Crippen LogP contribution in [0.4, 0.5) is 5.69 Å². The fourth-order valence-corrected chi connectivity index (χ4v) is 1.36. The summed E-state index contributed by atoms with van der Waals surface area (Å²) in [7, 11) is 3.51. The first kappa shape index (κ1) is 10.4. The summed E-state index contributed by atoms with van der Waals surface area (Å²) >= 11 is 5.88. The van der Waals surface area contributed by atoms with E-state index in [1.165, 1.54) is 5.56 Å². The molecule has 1 aromatic rings. The van der Waals surface area contributed by atoms with Crippen molar-refractivity contribution in [3.05, 3.63) is 29.8 Å². The molecule has 2 nitrogen and oxygen atoms in total. The van der Waals surface area contributed by atoms with Crippen LogP contribution in [0.1, 0.15) is 5.56 Å². The van der Waals surface area contributed by atoms with Gasteiger partial charge in [-0.3, -0.25) is 0 Å². The zero-order valence-corrected chi connectivity index (χ0v) is 8.64. The van der Waals surface area contributed by atoms with Crippen molar-refractivity contribution in [2.75, 3.05) is 19.5 Å². The Bertz CT molecular complexity index is 265. The lowest BCUT2D eigenvalue weighted by molar-refractivity contribution is 0.168. The number of halogens is 1. The van der Waals surface area contributed by atoms with Crippen LogP contribution in [0.5, 0.6) is 0 Å². The number of para-hydroxylation sites is 1. The van der Waals surface area contributed by atoms with Crippen LogP contribution in [-0.2, 0) is 11.2 Å². The van der Waals surface area contributed by atoms with Crippen molar-refractivity contribution in [3.63, 3.8) is 0 Å². The van der Waals surface area contributed by atoms with Crippen LogP contribution < -0.4 is 5.32 Å². The molecule has 0 spiro atoms. The highest BCUT2D eigenvalue weighted by Crippen LogP contribution is 2.17. The van der Waals surface area contributed by atoms with E-state index in [-0.39, 0.29) is 5.56 Å². The van der Waals surface area contributed by atoms with Gasteiger partial charge in [-0.25, -0.2) is 0 Å². The van der Waals surface area contributed by atoms with Gasteiger partial charge in [0.1, 0.15) is 5.56 Å². The number of ether oxygens (including phenoxy) is 1. The van der Waals surface area contributed by atoms with Crippen LogP contribution >= 0.6 is 11.6 Å². The van der Waals surface area contributed by atoms with Crippen LogP contribution in [0.15, 0.2) is 24.3 Å². The fraction of sp³-hybridized carbons (Fsp3) is 0.400. The van der Waals surface area contributed by atoms with E-state index < -0.39 is 0 Å². The smallest absolute Gasteiger partial charge is 0.134 e. The number of hydrogen-bond acceptors (Lipinski definition) is 2. The molecular formula is C10H14ClNO. The summed E-state index contributed by atoms with van der Waals surface area (Å²) in [5.41, 5.74) is 2.02. The number of hydrogen-bond donors (Lipinski definition) is 1. The second kappa shape index (κ2) is 5.10. The van der Waals surface area contributed by atoms with Gasteiger partial charge in [-0.2, -0.15) is 0 Å². The normalized spacial score (nSPS) is 12.5. The average Bonchev–Trinajstić information content (AvgIpc) is 2.18. The van der Waals surface area contributed by atoms with Gasteiger partial charge in [0.25, 0.3) is 0 Å². The first-order chi connectivity index (χ1) is 6.27. The highest BCUT2D eigenvalue weighted by atomic mass is 35.5. The summed E-state index contributed by atoms with van der Waals surface area (Å²) in [4.78, 5) is 0. The molecule has 0 bridgehead atoms. The van der Waals surface area contributed by atoms with Gasteiger partial charge in [-0.05, 0) is 11.6 Å². The first-order valence-electron chi connectivity index (χ1n) is 4.20. The minimum absolute atomic E-state index is 0.255. The summed E-state index contributed by atoms with van der Waals surface area (Å²) in [5.74, 6) is 0. The van der Waals surface area contributed by atoms with Gasteiger partial charge < -0.3 is 10.1 Å². The van der Waals surface area contributed by atoms with Gasteiger partial charge in [0, 0.05) is 26.3 Å². The molecule has 0 aliphatic rings. The number of benzene rings is 1. The molecule has 1 unspecified atom stereocenters. The van der Waals surface area contributed by atoms with E-state index in [9.17, 15) is 0 Å². The lowest BCUT2D eigenvalue weighted by Gasteiger charge is -2.11. The van der Waals surface area contributed by atoms with Crippen molar-refractivity contribution in [2.24, 2.45) is 0 Å². The van der Waals surface area contributed by atoms with Crippen molar-refractivity contribution in [1.82, 2.24) is 0 Å². The Morgan fingerprint density at radius 1 is 1.46 bits per heavy atom. The molecule has 3 heteroatoms. The molecule has 1 atom stereocenters. The van der Waals surface area contributed by atoms with Gasteiger partial charge in [0.05, 0.1) is 0 Å². The molecule has 0 aromatic heterocycles. The Kier molecular flexibility index (Phi) is 4.06. The number of alkyl halides is 1. The molecule has 0 heterocycles. The molecule has 13 heavy (non-hydrogen) atoms. The monoisotopic (exact) mass is 199 g/mol. The largest absolute Gasteiger partial charge is 0.388 e. The van der Waals surface area contributed by atoms with Gasteiger partial charge in [0.2, 0.25) is 0 Å². The lowest BCUT2D eigenvalue weighted by Crippen LogP contribution is -2.07. The molecule has 0 fully saturated rings. The van der Waals surface area contributed by atoms with Crippen LogP contribution in [0.3, 0.4) is 0 Å². The minimum atomic E-state index is -0.255. The van der Waals surface area contributed by atoms with Crippen LogP contribution in [0, 0.1) is 0 Å². The van der Waals surface area contributed by atoms with Gasteiger partial charge in [-0.15, -0.1) is 0 Å². The van der Waals surface area contributed by atoms with Gasteiger partial charge in [-0.1, -0.05) is 29.8 Å². The topological polar surface area (TPSA) is 21.3 Å². The van der Waals surface area contributed by atoms with Crippen LogP contribution in [-0.4, -0.2) is 19.7 Å². The molecule has 0 saturated heterocycles. The zero-order chi connectivity index (χ0) is 9.68. The maximum Gasteiger partial charge on any atom is 0.134 e. The van der Waals surface area contributed by atoms with E-state index in [0.717, 1.165) is 12.1 Å². The average molecular weight is 200 g/mol. The van der Waals surface area contributed by atoms with E-state index in [4.69, 9.17) is 16.3 Å². The number of methoxy groups -OCH3 is 1. The van der Waals surface area contributed by atoms with Crippen LogP contribution in [0.25, 0.3) is 0 Å². The zero-order valence-electron chi connectivity index (χ0n) is 7.88. The minimum Gasteiger partial charge on any atom is -0.388 e. The third-order valence-electron chi connectivity index (χ3n) is 1.92. The highest BCUT2D eigenvalue weighted by Gasteiger charge is 2.06. The predicted octanol–water partition coefficient (Wildman–Crippen LogP) is 2.48. The van der Waals surface area contributed by atoms with Crippen molar-refractivity contribution in [1.29, 1.82) is 0 Å². The number of rotatable bonds is 4. The first-order valence-corrected chi connectivity index (χ1v) is 4.64. The second-order valence-electron chi connectivity index (χ2n) is 2.76. The maximum absolute atomic E-state index is 5.88. The van der Waals surface area contributed by atoms with Crippen LogP contribution in [0.2, 0.25) is 0 Å². The highest BCUT2D eigenvalue weighted by molar-refractivity contribution is 6.19. The third kappa shape index (κ3) is 2.90. The number of nitrogens with one attached hydrogen (secondary N) is 1. The quantitative estimate of drug-likeness (QED) is 0.753. The van der Waals surface area contributed by atoms with E-state index in [0.29, 0.717) is 0 Å². The predicted molar refractivity (Wildman–Crippen MR) is 56.3 cm³/mol. The molecule has 0 aliphatic carbocycles. The standard InChI is InChI=1S/C10H14ClNO/c1-12-9-6-4-3-5-8(9)7-10(11)13-2/h3-6,10,12H,7H2,1-2H3. The molecule has 1 rings (SSSR count). The fourth-order valence-electron chi connectivity index (χ4n) is 1.20. The molecule has 0 amide bonds. The third-order valence-corrected chi connectivity index (χ3v) is 2.26. The molecular weight excluding hydrogens is 186 g/mol. The molecule has 1 N–H and O–H groups in total. The SMILES string of the molecule is CNc1ccccc1CC(Cl)OC. The Hall–Kier alpha value is -0.730. The summed E-state index contributed by atoms with van der Waals surface area (Å²) in [6.07, 6.45) is 0.717. The van der Waals surface area contributed by atoms with Crippen molar-refractivity contribution >= 4 is 17.3 Å². The van der Waals surface area contributed by atoms with Crippen molar-refractivity contribution in [2.45, 2.75) is 12.0 Å². The van der Waals surface area contributed by atoms with E-state index >= 15 is 0 Å². The number of anilines is 1. The Balaban J connectivity index is 2.74. The molecule has 72 valence electrons. The van der Waals surface area contributed by atoms with Crippen molar-refractivity contribution in [3.8, 4) is 0 Å².